The molecule has 75 valence electrons. The zero-order valence-electron chi connectivity index (χ0n) is 8.20. The number of aromatic nitrogens is 1. The van der Waals surface area contributed by atoms with Crippen molar-refractivity contribution in [2.24, 2.45) is 0 Å². The molecule has 0 saturated heterocycles. The molecule has 0 bridgehead atoms. The molecule has 0 aliphatic heterocycles. The Bertz CT molecular complexity index is 456. The van der Waals surface area contributed by atoms with Gasteiger partial charge in [0.05, 0.1) is 18.3 Å². The molecule has 1 heterocycles. The second-order valence-corrected chi connectivity index (χ2v) is 3.43. The van der Waals surface area contributed by atoms with E-state index in [-0.39, 0.29) is 0 Å². The Kier molecular flexibility index (Phi) is 2.88. The van der Waals surface area contributed by atoms with E-state index in [1.54, 1.807) is 19.4 Å². The van der Waals surface area contributed by atoms with Gasteiger partial charge in [-0.3, -0.25) is 4.98 Å². The monoisotopic (exact) mass is 218 g/mol. The van der Waals surface area contributed by atoms with Gasteiger partial charge in [-0.25, -0.2) is 0 Å². The highest BCUT2D eigenvalue weighted by molar-refractivity contribution is 6.32. The summed E-state index contributed by atoms with van der Waals surface area (Å²) in [6, 6.07) is 9.35. The number of hydrogen-bond acceptors (Lipinski definition) is 2. The van der Waals surface area contributed by atoms with Crippen LogP contribution in [0.25, 0.3) is 11.1 Å². The molecule has 0 spiro atoms. The Morgan fingerprint density at radius 2 is 2.13 bits per heavy atom. The smallest absolute Gasteiger partial charge is 0.137 e. The van der Waals surface area contributed by atoms with Crippen LogP contribution in [0.1, 0.15) is 0 Å². The van der Waals surface area contributed by atoms with Gasteiger partial charge in [0.1, 0.15) is 5.75 Å². The van der Waals surface area contributed by atoms with Crippen molar-refractivity contribution in [3.63, 3.8) is 0 Å². The molecule has 0 aliphatic rings. The number of ether oxygens (including phenoxy) is 1. The number of halogens is 1. The van der Waals surface area contributed by atoms with Crippen molar-refractivity contribution in [2.75, 3.05) is 7.11 Å². The summed E-state index contributed by atoms with van der Waals surface area (Å²) in [7, 11) is 1.60. The molecule has 15 heavy (non-hydrogen) atoms. The van der Waals surface area contributed by atoms with E-state index in [4.69, 9.17) is 16.3 Å². The minimum atomic E-state index is 0.600. The van der Waals surface area contributed by atoms with Gasteiger partial charge >= 0.3 is 0 Å². The van der Waals surface area contributed by atoms with Crippen molar-refractivity contribution in [1.29, 1.82) is 0 Å². The molecule has 0 saturated carbocycles. The van der Waals surface area contributed by atoms with Crippen molar-refractivity contribution in [2.45, 2.75) is 0 Å². The van der Waals surface area contributed by atoms with E-state index in [9.17, 15) is 0 Å². The van der Waals surface area contributed by atoms with Gasteiger partial charge in [-0.15, -0.1) is 0 Å². The van der Waals surface area contributed by atoms with Gasteiger partial charge in [-0.2, -0.15) is 0 Å². The molecular formula is C12H9ClNO. The Morgan fingerprint density at radius 1 is 1.27 bits per heavy atom. The first-order valence-corrected chi connectivity index (χ1v) is 4.85. The molecule has 2 nitrogen and oxygen atoms in total. The summed E-state index contributed by atoms with van der Waals surface area (Å²) >= 11 is 6.03. The number of methoxy groups -OCH3 is 1. The fourth-order valence-electron chi connectivity index (χ4n) is 1.34. The van der Waals surface area contributed by atoms with E-state index in [2.05, 4.69) is 11.2 Å². The molecule has 0 unspecified atom stereocenters. The van der Waals surface area contributed by atoms with Crippen molar-refractivity contribution >= 4 is 11.6 Å². The van der Waals surface area contributed by atoms with Crippen LogP contribution in [0.5, 0.6) is 5.75 Å². The zero-order valence-corrected chi connectivity index (χ0v) is 8.95. The lowest BCUT2D eigenvalue weighted by Crippen LogP contribution is -1.85. The third kappa shape index (κ3) is 2.10. The van der Waals surface area contributed by atoms with E-state index < -0.39 is 0 Å². The standard InChI is InChI=1S/C12H9ClNO/c1-15-12-5-4-9(7-11(12)13)10-3-2-6-14-8-10/h2-5,7-8H,1H3. The van der Waals surface area contributed by atoms with Crippen LogP contribution in [0.4, 0.5) is 0 Å². The molecule has 0 amide bonds. The van der Waals surface area contributed by atoms with E-state index in [1.807, 2.05) is 24.3 Å². The lowest BCUT2D eigenvalue weighted by atomic mass is 10.1. The van der Waals surface area contributed by atoms with E-state index in [0.29, 0.717) is 10.8 Å². The van der Waals surface area contributed by atoms with E-state index >= 15 is 0 Å². The molecule has 0 atom stereocenters. The molecule has 0 fully saturated rings. The van der Waals surface area contributed by atoms with Crippen LogP contribution in [0.2, 0.25) is 5.02 Å². The van der Waals surface area contributed by atoms with Crippen LogP contribution in [-0.2, 0) is 0 Å². The van der Waals surface area contributed by atoms with Crippen LogP contribution < -0.4 is 4.74 Å². The van der Waals surface area contributed by atoms with Gasteiger partial charge in [0.25, 0.3) is 0 Å². The predicted molar refractivity (Wildman–Crippen MR) is 60.1 cm³/mol. The maximum atomic E-state index is 6.03. The Balaban J connectivity index is 2.43. The van der Waals surface area contributed by atoms with Crippen LogP contribution in [0, 0.1) is 6.20 Å². The highest BCUT2D eigenvalue weighted by Crippen LogP contribution is 2.29. The molecular weight excluding hydrogens is 210 g/mol. The number of nitrogens with zero attached hydrogens (tertiary/aromatic N) is 1. The SMILES string of the molecule is COc1ccc(-c2cc[c]nc2)cc1Cl. The number of rotatable bonds is 2. The average molecular weight is 219 g/mol. The lowest BCUT2D eigenvalue weighted by Gasteiger charge is -2.05. The highest BCUT2D eigenvalue weighted by atomic mass is 35.5. The first-order valence-electron chi connectivity index (χ1n) is 4.47. The van der Waals surface area contributed by atoms with Gasteiger partial charge in [0, 0.05) is 11.8 Å². The lowest BCUT2D eigenvalue weighted by molar-refractivity contribution is 0.415. The van der Waals surface area contributed by atoms with Crippen LogP contribution in [0.3, 0.4) is 0 Å². The first kappa shape index (κ1) is 9.99. The van der Waals surface area contributed by atoms with E-state index in [1.165, 1.54) is 0 Å². The van der Waals surface area contributed by atoms with Crippen LogP contribution in [0.15, 0.2) is 36.5 Å². The Hall–Kier alpha value is -1.54. The minimum absolute atomic E-state index is 0.600. The zero-order chi connectivity index (χ0) is 10.7. The summed E-state index contributed by atoms with van der Waals surface area (Å²) in [6.07, 6.45) is 4.48. The van der Waals surface area contributed by atoms with Gasteiger partial charge < -0.3 is 4.74 Å². The largest absolute Gasteiger partial charge is 0.495 e. The van der Waals surface area contributed by atoms with Crippen molar-refractivity contribution < 1.29 is 4.74 Å². The summed E-state index contributed by atoms with van der Waals surface area (Å²) in [5.74, 6) is 0.677. The van der Waals surface area contributed by atoms with E-state index in [0.717, 1.165) is 11.1 Å². The van der Waals surface area contributed by atoms with Gasteiger partial charge in [0.2, 0.25) is 0 Å². The summed E-state index contributed by atoms with van der Waals surface area (Å²) < 4.78 is 5.08. The van der Waals surface area contributed by atoms with Crippen LogP contribution in [-0.4, -0.2) is 12.1 Å². The van der Waals surface area contributed by atoms with Crippen molar-refractivity contribution in [1.82, 2.24) is 4.98 Å². The second kappa shape index (κ2) is 4.32. The average Bonchev–Trinajstić information content (AvgIpc) is 2.30. The van der Waals surface area contributed by atoms with Gasteiger partial charge in [-0.1, -0.05) is 23.7 Å². The van der Waals surface area contributed by atoms with Gasteiger partial charge in [0.15, 0.2) is 0 Å². The number of hydrogen-bond donors (Lipinski definition) is 0. The molecule has 1 aromatic heterocycles. The predicted octanol–water partition coefficient (Wildman–Crippen LogP) is 3.21. The summed E-state index contributed by atoms with van der Waals surface area (Å²) in [5.41, 5.74) is 2.03. The molecule has 0 N–H and O–H groups in total. The molecule has 1 aromatic carbocycles. The molecule has 2 rings (SSSR count). The molecule has 3 heteroatoms. The minimum Gasteiger partial charge on any atom is -0.495 e. The fraction of sp³-hybridized carbons (Fsp3) is 0.0833. The van der Waals surface area contributed by atoms with Crippen molar-refractivity contribution in [3.8, 4) is 16.9 Å². The molecule has 0 aliphatic carbocycles. The number of benzene rings is 1. The third-order valence-electron chi connectivity index (χ3n) is 2.10. The maximum absolute atomic E-state index is 6.03. The topological polar surface area (TPSA) is 22.1 Å². The summed E-state index contributed by atoms with van der Waals surface area (Å²) in [4.78, 5) is 3.93. The van der Waals surface area contributed by atoms with Crippen LogP contribution >= 0.6 is 11.6 Å². The Morgan fingerprint density at radius 3 is 2.73 bits per heavy atom. The summed E-state index contributed by atoms with van der Waals surface area (Å²) in [5, 5.41) is 0.600. The Labute approximate surface area is 93.5 Å². The fourth-order valence-corrected chi connectivity index (χ4v) is 1.59. The third-order valence-corrected chi connectivity index (χ3v) is 2.40. The maximum Gasteiger partial charge on any atom is 0.137 e. The quantitative estimate of drug-likeness (QED) is 0.772. The van der Waals surface area contributed by atoms with Crippen molar-refractivity contribution in [3.05, 3.63) is 47.7 Å². The molecule has 1 radical (unpaired) electrons. The van der Waals surface area contributed by atoms with Gasteiger partial charge in [-0.05, 0) is 23.8 Å². The number of pyridine rings is 1. The second-order valence-electron chi connectivity index (χ2n) is 3.03. The first-order chi connectivity index (χ1) is 7.31. The normalized spacial score (nSPS) is 10.0. The highest BCUT2D eigenvalue weighted by Gasteiger charge is 2.03. The summed E-state index contributed by atoms with van der Waals surface area (Å²) in [6.45, 7) is 0. The molecule has 2 aromatic rings.